The van der Waals surface area contributed by atoms with Crippen LogP contribution in [0.25, 0.3) is 0 Å². The summed E-state index contributed by atoms with van der Waals surface area (Å²) in [5, 5.41) is 2.78. The van der Waals surface area contributed by atoms with Gasteiger partial charge < -0.3 is 15.8 Å². The third-order valence-corrected chi connectivity index (χ3v) is 3.76. The van der Waals surface area contributed by atoms with Crippen molar-refractivity contribution < 1.29 is 9.53 Å². The summed E-state index contributed by atoms with van der Waals surface area (Å²) in [5.74, 6) is 0.835. The predicted molar refractivity (Wildman–Crippen MR) is 64.9 cm³/mol. The van der Waals surface area contributed by atoms with Gasteiger partial charge in [0, 0.05) is 4.90 Å². The van der Waals surface area contributed by atoms with E-state index in [1.165, 1.54) is 0 Å². The quantitative estimate of drug-likeness (QED) is 0.836. The molecule has 3 N–H and O–H groups in total. The molecule has 0 fully saturated rings. The predicted octanol–water partition coefficient (Wildman–Crippen LogP) is 1.46. The van der Waals surface area contributed by atoms with Crippen LogP contribution in [0.2, 0.25) is 0 Å². The van der Waals surface area contributed by atoms with Crippen LogP contribution < -0.4 is 15.8 Å². The Morgan fingerprint density at radius 3 is 3.06 bits per heavy atom. The van der Waals surface area contributed by atoms with E-state index in [2.05, 4.69) is 5.32 Å². The molecule has 1 atom stereocenters. The molecule has 2 rings (SSSR count). The van der Waals surface area contributed by atoms with E-state index in [0.29, 0.717) is 13.0 Å². The number of nitrogens with two attached hydrogens (primary N) is 1. The number of carbonyl (C=O) groups is 1. The maximum absolute atomic E-state index is 11.7. The van der Waals surface area contributed by atoms with Gasteiger partial charge in [-0.25, -0.2) is 0 Å². The molecule has 1 amide bonds. The highest BCUT2D eigenvalue weighted by Gasteiger charge is 2.26. The van der Waals surface area contributed by atoms with Gasteiger partial charge in [-0.15, -0.1) is 11.8 Å². The second-order valence-corrected chi connectivity index (χ2v) is 4.78. The fraction of sp³-hybridized carbons (Fsp3) is 0.364. The van der Waals surface area contributed by atoms with E-state index >= 15 is 0 Å². The molecule has 0 aliphatic carbocycles. The minimum absolute atomic E-state index is 0.0353. The van der Waals surface area contributed by atoms with Crippen molar-refractivity contribution in [3.8, 4) is 5.75 Å². The third-order valence-electron chi connectivity index (χ3n) is 2.44. The highest BCUT2D eigenvalue weighted by molar-refractivity contribution is 8.01. The van der Waals surface area contributed by atoms with E-state index in [1.807, 2.05) is 18.2 Å². The largest absolute Gasteiger partial charge is 0.497 e. The number of anilines is 1. The van der Waals surface area contributed by atoms with Gasteiger partial charge in [-0.3, -0.25) is 4.79 Å². The molecular formula is C11H14N2O2S. The molecule has 86 valence electrons. The molecule has 1 aliphatic heterocycles. The lowest BCUT2D eigenvalue weighted by Gasteiger charge is -2.23. The summed E-state index contributed by atoms with van der Waals surface area (Å²) in [6.45, 7) is 0.518. The number of amides is 1. The van der Waals surface area contributed by atoms with Crippen LogP contribution in [0.3, 0.4) is 0 Å². The second kappa shape index (κ2) is 4.76. The molecule has 1 aliphatic rings. The van der Waals surface area contributed by atoms with Crippen molar-refractivity contribution in [2.75, 3.05) is 19.0 Å². The van der Waals surface area contributed by atoms with Crippen LogP contribution in [-0.2, 0) is 4.79 Å². The number of benzene rings is 1. The molecule has 0 saturated heterocycles. The maximum Gasteiger partial charge on any atom is 0.237 e. The summed E-state index contributed by atoms with van der Waals surface area (Å²) in [6, 6.07) is 5.63. The lowest BCUT2D eigenvalue weighted by Crippen LogP contribution is -2.30. The molecule has 0 saturated carbocycles. The Kier molecular flexibility index (Phi) is 3.36. The molecule has 5 heteroatoms. The summed E-state index contributed by atoms with van der Waals surface area (Å²) < 4.78 is 5.15. The molecule has 0 bridgehead atoms. The zero-order valence-corrected chi connectivity index (χ0v) is 9.84. The number of methoxy groups -OCH3 is 1. The fourth-order valence-corrected chi connectivity index (χ4v) is 2.75. The van der Waals surface area contributed by atoms with Gasteiger partial charge in [0.05, 0.1) is 18.0 Å². The van der Waals surface area contributed by atoms with Crippen LogP contribution in [0.5, 0.6) is 5.75 Å². The van der Waals surface area contributed by atoms with Gasteiger partial charge in [-0.05, 0) is 31.2 Å². The van der Waals surface area contributed by atoms with Crippen molar-refractivity contribution >= 4 is 23.4 Å². The Bertz CT molecular complexity index is 409. The Morgan fingerprint density at radius 2 is 2.38 bits per heavy atom. The zero-order chi connectivity index (χ0) is 11.5. The first-order valence-electron chi connectivity index (χ1n) is 5.10. The number of hydrogen-bond donors (Lipinski definition) is 2. The summed E-state index contributed by atoms with van der Waals surface area (Å²) in [7, 11) is 1.63. The molecule has 1 heterocycles. The maximum atomic E-state index is 11.7. The van der Waals surface area contributed by atoms with Crippen LogP contribution in [0.4, 0.5) is 5.69 Å². The van der Waals surface area contributed by atoms with Gasteiger partial charge in [0.1, 0.15) is 5.75 Å². The average molecular weight is 238 g/mol. The van der Waals surface area contributed by atoms with Crippen molar-refractivity contribution in [3.05, 3.63) is 18.2 Å². The standard InChI is InChI=1S/C11H14N2O2S/c1-15-7-2-3-8-10(6-7)16-9(4-5-12)11(14)13-8/h2-3,6,9H,4-5,12H2,1H3,(H,13,14). The summed E-state index contributed by atoms with van der Waals surface area (Å²) in [5.41, 5.74) is 6.33. The Labute approximate surface area is 98.5 Å². The summed E-state index contributed by atoms with van der Waals surface area (Å²) in [6.07, 6.45) is 0.688. The molecular weight excluding hydrogens is 224 g/mol. The number of nitrogens with one attached hydrogen (secondary N) is 1. The second-order valence-electron chi connectivity index (χ2n) is 3.54. The van der Waals surface area contributed by atoms with Crippen molar-refractivity contribution in [2.24, 2.45) is 5.73 Å². The SMILES string of the molecule is COc1ccc2c(c1)SC(CCN)C(=O)N2. The van der Waals surface area contributed by atoms with E-state index in [1.54, 1.807) is 18.9 Å². The lowest BCUT2D eigenvalue weighted by molar-refractivity contribution is -0.115. The topological polar surface area (TPSA) is 64.3 Å². The molecule has 1 unspecified atom stereocenters. The van der Waals surface area contributed by atoms with Crippen molar-refractivity contribution in [1.29, 1.82) is 0 Å². The lowest BCUT2D eigenvalue weighted by atomic mass is 10.2. The monoisotopic (exact) mass is 238 g/mol. The third kappa shape index (κ3) is 2.15. The first-order chi connectivity index (χ1) is 7.74. The van der Waals surface area contributed by atoms with Crippen molar-refractivity contribution in [2.45, 2.75) is 16.6 Å². The van der Waals surface area contributed by atoms with Crippen LogP contribution >= 0.6 is 11.8 Å². The van der Waals surface area contributed by atoms with E-state index in [4.69, 9.17) is 10.5 Å². The average Bonchev–Trinajstić information content (AvgIpc) is 2.30. The van der Waals surface area contributed by atoms with E-state index in [-0.39, 0.29) is 11.2 Å². The first kappa shape index (κ1) is 11.3. The zero-order valence-electron chi connectivity index (χ0n) is 9.03. The van der Waals surface area contributed by atoms with Crippen LogP contribution in [0.15, 0.2) is 23.1 Å². The molecule has 1 aromatic carbocycles. The number of hydrogen-bond acceptors (Lipinski definition) is 4. The first-order valence-corrected chi connectivity index (χ1v) is 5.98. The molecule has 1 aromatic rings. The van der Waals surface area contributed by atoms with E-state index < -0.39 is 0 Å². The highest BCUT2D eigenvalue weighted by atomic mass is 32.2. The van der Waals surface area contributed by atoms with Crippen LogP contribution in [0, 0.1) is 0 Å². The molecule has 0 spiro atoms. The molecule has 0 radical (unpaired) electrons. The fourth-order valence-electron chi connectivity index (χ4n) is 1.59. The van der Waals surface area contributed by atoms with Gasteiger partial charge in [0.15, 0.2) is 0 Å². The van der Waals surface area contributed by atoms with Gasteiger partial charge in [-0.2, -0.15) is 0 Å². The number of fused-ring (bicyclic) bond motifs is 1. The van der Waals surface area contributed by atoms with E-state index in [0.717, 1.165) is 16.3 Å². The van der Waals surface area contributed by atoms with Crippen molar-refractivity contribution in [3.63, 3.8) is 0 Å². The molecule has 16 heavy (non-hydrogen) atoms. The normalized spacial score (nSPS) is 18.9. The van der Waals surface area contributed by atoms with Crippen LogP contribution in [-0.4, -0.2) is 24.8 Å². The van der Waals surface area contributed by atoms with Gasteiger partial charge in [-0.1, -0.05) is 0 Å². The van der Waals surface area contributed by atoms with Crippen molar-refractivity contribution in [1.82, 2.24) is 0 Å². The number of ether oxygens (including phenoxy) is 1. The van der Waals surface area contributed by atoms with Gasteiger partial charge >= 0.3 is 0 Å². The Hall–Kier alpha value is -1.20. The Morgan fingerprint density at radius 1 is 1.56 bits per heavy atom. The minimum Gasteiger partial charge on any atom is -0.497 e. The molecule has 4 nitrogen and oxygen atoms in total. The smallest absolute Gasteiger partial charge is 0.237 e. The summed E-state index contributed by atoms with van der Waals surface area (Å²) in [4.78, 5) is 12.7. The Balaban J connectivity index is 2.25. The van der Waals surface area contributed by atoms with Gasteiger partial charge in [0.25, 0.3) is 0 Å². The minimum atomic E-state index is -0.0930. The number of thioether (sulfide) groups is 1. The van der Waals surface area contributed by atoms with Gasteiger partial charge in [0.2, 0.25) is 5.91 Å². The number of rotatable bonds is 3. The van der Waals surface area contributed by atoms with E-state index in [9.17, 15) is 4.79 Å². The summed E-state index contributed by atoms with van der Waals surface area (Å²) >= 11 is 1.55. The molecule has 0 aromatic heterocycles. The highest BCUT2D eigenvalue weighted by Crippen LogP contribution is 2.38. The van der Waals surface area contributed by atoms with Crippen LogP contribution in [0.1, 0.15) is 6.42 Å². The number of carbonyl (C=O) groups excluding carboxylic acids is 1.